The van der Waals surface area contributed by atoms with Crippen molar-refractivity contribution >= 4 is 32.0 Å². The summed E-state index contributed by atoms with van der Waals surface area (Å²) in [5, 5.41) is 0.469. The molecule has 1 saturated heterocycles. The second kappa shape index (κ2) is 7.36. The number of fused-ring (bicyclic) bond motifs is 1. The zero-order valence-corrected chi connectivity index (χ0v) is 17.9. The van der Waals surface area contributed by atoms with Crippen LogP contribution >= 0.6 is 0 Å². The van der Waals surface area contributed by atoms with Crippen LogP contribution in [0.3, 0.4) is 0 Å². The normalized spacial score (nSPS) is 20.6. The molecule has 0 aliphatic carbocycles. The van der Waals surface area contributed by atoms with Crippen LogP contribution in [0.25, 0.3) is 10.9 Å². The first-order chi connectivity index (χ1) is 13.7. The molecule has 4 rings (SSSR count). The Hall–Kier alpha value is -2.00. The minimum atomic E-state index is -4.01. The molecule has 8 heteroatoms. The van der Waals surface area contributed by atoms with Gasteiger partial charge in [-0.3, -0.25) is 0 Å². The molecule has 6 nitrogen and oxygen atoms in total. The van der Waals surface area contributed by atoms with Gasteiger partial charge in [-0.2, -0.15) is 0 Å². The van der Waals surface area contributed by atoms with Crippen molar-refractivity contribution in [2.24, 2.45) is 0 Å². The molecule has 1 unspecified atom stereocenters. The average molecular weight is 434 g/mol. The summed E-state index contributed by atoms with van der Waals surface area (Å²) in [6.45, 7) is 4.80. The van der Waals surface area contributed by atoms with Gasteiger partial charge >= 0.3 is 0 Å². The van der Waals surface area contributed by atoms with Crippen molar-refractivity contribution in [2.45, 2.75) is 48.1 Å². The Labute approximate surface area is 172 Å². The van der Waals surface area contributed by atoms with E-state index >= 15 is 0 Å². The molecule has 1 aromatic heterocycles. The van der Waals surface area contributed by atoms with E-state index in [4.69, 9.17) is 4.74 Å². The van der Waals surface area contributed by atoms with Crippen LogP contribution in [0.4, 0.5) is 0 Å². The second-order valence-electron chi connectivity index (χ2n) is 7.93. The van der Waals surface area contributed by atoms with E-state index in [1.54, 1.807) is 24.3 Å². The molecular weight excluding hydrogens is 410 g/mol. The molecule has 154 valence electrons. The summed E-state index contributed by atoms with van der Waals surface area (Å²) >= 11 is -2.45. The van der Waals surface area contributed by atoms with Crippen molar-refractivity contribution in [3.05, 3.63) is 60.2 Å². The molecule has 1 fully saturated rings. The van der Waals surface area contributed by atoms with Crippen LogP contribution in [-0.2, 0) is 25.8 Å². The SMILES string of the molecule is CC1(C)C[C@@H](c2ccc3c(c2)cc(S(=O)O)n3S(=O)(=O)c2ccccc2)CCO1. The number of ether oxygens (including phenoxy) is 1. The molecule has 2 heterocycles. The Morgan fingerprint density at radius 2 is 1.86 bits per heavy atom. The van der Waals surface area contributed by atoms with Gasteiger partial charge in [-0.05, 0) is 68.5 Å². The molecule has 0 spiro atoms. The van der Waals surface area contributed by atoms with Gasteiger partial charge < -0.3 is 9.29 Å². The summed E-state index contributed by atoms with van der Waals surface area (Å²) in [5.41, 5.74) is 1.26. The van der Waals surface area contributed by atoms with Gasteiger partial charge in [-0.1, -0.05) is 24.3 Å². The Morgan fingerprint density at radius 3 is 2.52 bits per heavy atom. The minimum Gasteiger partial charge on any atom is -0.376 e. The van der Waals surface area contributed by atoms with Crippen molar-refractivity contribution in [3.8, 4) is 0 Å². The standard InChI is InChI=1S/C21H23NO5S2/c1-21(2)14-16(10-11-27-21)15-8-9-19-17(12-15)13-20(28(23)24)22(19)29(25,26)18-6-4-3-5-7-18/h3-9,12-13,16H,10-11,14H2,1-2H3,(H,23,24)/t16-/m0/s1. The van der Waals surface area contributed by atoms with E-state index in [-0.39, 0.29) is 15.5 Å². The van der Waals surface area contributed by atoms with Crippen LogP contribution in [0.2, 0.25) is 0 Å². The van der Waals surface area contributed by atoms with E-state index in [0.717, 1.165) is 22.4 Å². The molecule has 1 aliphatic rings. The zero-order chi connectivity index (χ0) is 20.8. The third-order valence-electron chi connectivity index (χ3n) is 5.38. The Bertz CT molecular complexity index is 1180. The highest BCUT2D eigenvalue weighted by molar-refractivity contribution is 7.90. The number of hydrogen-bond acceptors (Lipinski definition) is 4. The molecule has 3 aromatic rings. The van der Waals surface area contributed by atoms with Crippen molar-refractivity contribution in [2.75, 3.05) is 6.61 Å². The highest BCUT2D eigenvalue weighted by atomic mass is 32.2. The van der Waals surface area contributed by atoms with E-state index in [1.807, 2.05) is 12.1 Å². The molecule has 0 bridgehead atoms. The van der Waals surface area contributed by atoms with Gasteiger partial charge in [0.2, 0.25) is 11.1 Å². The van der Waals surface area contributed by atoms with Crippen LogP contribution in [0.5, 0.6) is 0 Å². The molecule has 1 N–H and O–H groups in total. The summed E-state index contributed by atoms with van der Waals surface area (Å²) in [6, 6.07) is 15.0. The molecule has 29 heavy (non-hydrogen) atoms. The van der Waals surface area contributed by atoms with E-state index in [1.165, 1.54) is 18.2 Å². The van der Waals surface area contributed by atoms with Gasteiger partial charge in [-0.25, -0.2) is 16.6 Å². The van der Waals surface area contributed by atoms with E-state index in [9.17, 15) is 17.2 Å². The molecule has 0 radical (unpaired) electrons. The topological polar surface area (TPSA) is 85.6 Å². The highest BCUT2D eigenvalue weighted by Crippen LogP contribution is 2.37. The van der Waals surface area contributed by atoms with Crippen LogP contribution in [-0.4, -0.2) is 33.4 Å². The van der Waals surface area contributed by atoms with E-state index in [0.29, 0.717) is 23.4 Å². The van der Waals surface area contributed by atoms with Crippen molar-refractivity contribution in [3.63, 3.8) is 0 Å². The predicted molar refractivity (Wildman–Crippen MR) is 112 cm³/mol. The minimum absolute atomic E-state index is 0.0689. The lowest BCUT2D eigenvalue weighted by atomic mass is 9.83. The van der Waals surface area contributed by atoms with E-state index < -0.39 is 21.1 Å². The number of benzene rings is 2. The fourth-order valence-corrected chi connectivity index (χ4v) is 6.40. The summed E-state index contributed by atoms with van der Waals surface area (Å²) in [7, 11) is -4.01. The number of aromatic nitrogens is 1. The summed E-state index contributed by atoms with van der Waals surface area (Å²) in [6.07, 6.45) is 1.75. The van der Waals surface area contributed by atoms with Gasteiger partial charge in [0.1, 0.15) is 5.03 Å². The van der Waals surface area contributed by atoms with Gasteiger partial charge in [0.15, 0.2) is 0 Å². The number of nitrogens with zero attached hydrogens (tertiary/aromatic N) is 1. The molecule has 2 atom stereocenters. The Morgan fingerprint density at radius 1 is 1.14 bits per heavy atom. The van der Waals surface area contributed by atoms with Gasteiger partial charge in [0.25, 0.3) is 10.0 Å². The van der Waals surface area contributed by atoms with Crippen molar-refractivity contribution in [1.82, 2.24) is 3.97 Å². The monoisotopic (exact) mass is 433 g/mol. The first kappa shape index (κ1) is 20.3. The molecule has 2 aromatic carbocycles. The third-order valence-corrected chi connectivity index (χ3v) is 7.89. The van der Waals surface area contributed by atoms with Crippen molar-refractivity contribution in [1.29, 1.82) is 0 Å². The lowest BCUT2D eigenvalue weighted by Crippen LogP contribution is -2.32. The molecule has 0 amide bonds. The number of rotatable bonds is 4. The maximum atomic E-state index is 13.2. The average Bonchev–Trinajstić information content (AvgIpc) is 3.08. The third kappa shape index (κ3) is 3.77. The molecule has 0 saturated carbocycles. The van der Waals surface area contributed by atoms with Gasteiger partial charge in [0, 0.05) is 12.0 Å². The van der Waals surface area contributed by atoms with E-state index in [2.05, 4.69) is 13.8 Å². The first-order valence-electron chi connectivity index (χ1n) is 9.40. The van der Waals surface area contributed by atoms with Crippen LogP contribution in [0.15, 0.2) is 64.5 Å². The van der Waals surface area contributed by atoms with Gasteiger partial charge in [0.05, 0.1) is 16.0 Å². The predicted octanol–water partition coefficient (Wildman–Crippen LogP) is 4.13. The zero-order valence-electron chi connectivity index (χ0n) is 16.2. The lowest BCUT2D eigenvalue weighted by Gasteiger charge is -2.35. The lowest BCUT2D eigenvalue weighted by molar-refractivity contribution is -0.0592. The summed E-state index contributed by atoms with van der Waals surface area (Å²) in [5.74, 6) is 0.292. The van der Waals surface area contributed by atoms with Gasteiger partial charge in [-0.15, -0.1) is 0 Å². The van der Waals surface area contributed by atoms with Crippen LogP contribution in [0, 0.1) is 0 Å². The number of hydrogen-bond donors (Lipinski definition) is 1. The Balaban J connectivity index is 1.86. The maximum Gasteiger partial charge on any atom is 0.269 e. The quantitative estimate of drug-likeness (QED) is 0.625. The fourth-order valence-electron chi connectivity index (χ4n) is 4.02. The summed E-state index contributed by atoms with van der Waals surface area (Å²) in [4.78, 5) is 0.0689. The first-order valence-corrected chi connectivity index (χ1v) is 11.9. The Kier molecular flexibility index (Phi) is 5.14. The van der Waals surface area contributed by atoms with Crippen LogP contribution in [0.1, 0.15) is 38.2 Å². The molecule has 1 aliphatic heterocycles. The smallest absolute Gasteiger partial charge is 0.269 e. The summed E-state index contributed by atoms with van der Waals surface area (Å²) < 4.78 is 54.9. The highest BCUT2D eigenvalue weighted by Gasteiger charge is 2.31. The molecular formula is C21H23NO5S2. The fraction of sp³-hybridized carbons (Fsp3) is 0.333. The maximum absolute atomic E-state index is 13.2. The van der Waals surface area contributed by atoms with Crippen LogP contribution < -0.4 is 0 Å². The largest absolute Gasteiger partial charge is 0.376 e. The van der Waals surface area contributed by atoms with Crippen molar-refractivity contribution < 1.29 is 21.9 Å². The second-order valence-corrected chi connectivity index (χ2v) is 10.6.